The number of nitrogens with zero attached hydrogens (tertiary/aromatic N) is 1. The summed E-state index contributed by atoms with van der Waals surface area (Å²) in [6.07, 6.45) is 1.07. The molecular formula is C16H29Cl2N3O. The largest absolute Gasteiger partial charge is 0.350 e. The van der Waals surface area contributed by atoms with E-state index in [4.69, 9.17) is 5.73 Å². The first-order valence-electron chi connectivity index (χ1n) is 7.17. The van der Waals surface area contributed by atoms with Crippen molar-refractivity contribution in [3.05, 3.63) is 35.4 Å². The van der Waals surface area contributed by atoms with Crippen molar-refractivity contribution in [2.45, 2.75) is 32.9 Å². The first kappa shape index (κ1) is 23.5. The van der Waals surface area contributed by atoms with Crippen LogP contribution in [0.25, 0.3) is 0 Å². The number of nitrogens with two attached hydrogens (primary N) is 1. The standard InChI is InChI=1S/C16H27N3O.2ClH/c1-12(2)9-15(19(3)4)11-18-16(20)14-7-5-13(10-17)6-8-14;;/h5-8,12,15H,9-11,17H2,1-4H3,(H,18,20);2*1H. The molecule has 0 aliphatic rings. The highest BCUT2D eigenvalue weighted by atomic mass is 35.5. The van der Waals surface area contributed by atoms with Crippen LogP contribution >= 0.6 is 24.8 Å². The zero-order chi connectivity index (χ0) is 15.1. The second-order valence-corrected chi connectivity index (χ2v) is 5.86. The zero-order valence-electron chi connectivity index (χ0n) is 13.8. The first-order chi connectivity index (χ1) is 9.43. The predicted molar refractivity (Wildman–Crippen MR) is 98.1 cm³/mol. The highest BCUT2D eigenvalue weighted by Gasteiger charge is 2.15. The molecule has 1 aromatic carbocycles. The summed E-state index contributed by atoms with van der Waals surface area (Å²) in [5.74, 6) is 0.590. The smallest absolute Gasteiger partial charge is 0.251 e. The summed E-state index contributed by atoms with van der Waals surface area (Å²) in [5.41, 5.74) is 7.27. The monoisotopic (exact) mass is 349 g/mol. The molecule has 4 nitrogen and oxygen atoms in total. The van der Waals surface area contributed by atoms with E-state index in [9.17, 15) is 4.79 Å². The Labute approximate surface area is 146 Å². The number of hydrogen-bond acceptors (Lipinski definition) is 3. The van der Waals surface area contributed by atoms with E-state index in [-0.39, 0.29) is 30.7 Å². The van der Waals surface area contributed by atoms with Crippen LogP contribution in [0.15, 0.2) is 24.3 Å². The molecule has 1 atom stereocenters. The lowest BCUT2D eigenvalue weighted by molar-refractivity contribution is 0.0938. The van der Waals surface area contributed by atoms with Gasteiger partial charge in [0.2, 0.25) is 0 Å². The third-order valence-corrected chi connectivity index (χ3v) is 3.42. The summed E-state index contributed by atoms with van der Waals surface area (Å²) in [5, 5.41) is 3.01. The second-order valence-electron chi connectivity index (χ2n) is 5.86. The lowest BCUT2D eigenvalue weighted by Crippen LogP contribution is -2.41. The Bertz CT molecular complexity index is 422. The molecule has 3 N–H and O–H groups in total. The average molecular weight is 350 g/mol. The van der Waals surface area contributed by atoms with Crippen molar-refractivity contribution in [3.8, 4) is 0 Å². The second kappa shape index (κ2) is 11.7. The molecule has 0 aromatic heterocycles. The summed E-state index contributed by atoms with van der Waals surface area (Å²) < 4.78 is 0. The summed E-state index contributed by atoms with van der Waals surface area (Å²) in [4.78, 5) is 14.3. The topological polar surface area (TPSA) is 58.4 Å². The van der Waals surface area contributed by atoms with Crippen LogP contribution in [0.5, 0.6) is 0 Å². The number of carbonyl (C=O) groups is 1. The molecule has 1 amide bonds. The summed E-state index contributed by atoms with van der Waals surface area (Å²) in [6, 6.07) is 7.80. The third-order valence-electron chi connectivity index (χ3n) is 3.42. The fraction of sp³-hybridized carbons (Fsp3) is 0.562. The quantitative estimate of drug-likeness (QED) is 0.795. The van der Waals surface area contributed by atoms with Gasteiger partial charge >= 0.3 is 0 Å². The van der Waals surface area contributed by atoms with E-state index in [2.05, 4.69) is 38.2 Å². The van der Waals surface area contributed by atoms with Crippen LogP contribution in [0, 0.1) is 5.92 Å². The lowest BCUT2D eigenvalue weighted by atomic mass is 10.0. The van der Waals surface area contributed by atoms with Gasteiger partial charge in [0.25, 0.3) is 5.91 Å². The Hall–Kier alpha value is -0.810. The molecule has 0 aliphatic heterocycles. The van der Waals surface area contributed by atoms with E-state index < -0.39 is 0 Å². The lowest BCUT2D eigenvalue weighted by Gasteiger charge is -2.26. The van der Waals surface area contributed by atoms with Gasteiger partial charge in [-0.2, -0.15) is 0 Å². The van der Waals surface area contributed by atoms with Crippen LogP contribution in [-0.4, -0.2) is 37.5 Å². The fourth-order valence-corrected chi connectivity index (χ4v) is 2.13. The van der Waals surface area contributed by atoms with Crippen LogP contribution < -0.4 is 11.1 Å². The van der Waals surface area contributed by atoms with Gasteiger partial charge in [0.15, 0.2) is 0 Å². The molecule has 6 heteroatoms. The minimum absolute atomic E-state index is 0. The number of rotatable bonds is 7. The van der Waals surface area contributed by atoms with Crippen LogP contribution in [0.3, 0.4) is 0 Å². The Morgan fingerprint density at radius 1 is 1.18 bits per heavy atom. The number of hydrogen-bond donors (Lipinski definition) is 2. The molecule has 0 saturated heterocycles. The Morgan fingerprint density at radius 3 is 2.14 bits per heavy atom. The third kappa shape index (κ3) is 7.99. The molecule has 22 heavy (non-hydrogen) atoms. The van der Waals surface area contributed by atoms with Gasteiger partial charge in [0.05, 0.1) is 0 Å². The maximum absolute atomic E-state index is 12.1. The molecule has 128 valence electrons. The van der Waals surface area contributed by atoms with Crippen molar-refractivity contribution in [2.24, 2.45) is 11.7 Å². The number of amides is 1. The molecule has 1 aromatic rings. The van der Waals surface area contributed by atoms with Crippen LogP contribution in [0.1, 0.15) is 36.2 Å². The Kier molecular flexibility index (Phi) is 12.5. The number of likely N-dealkylation sites (N-methyl/N-ethyl adjacent to an activating group) is 1. The van der Waals surface area contributed by atoms with Crippen molar-refractivity contribution < 1.29 is 4.79 Å². The van der Waals surface area contributed by atoms with Crippen molar-refractivity contribution >= 4 is 30.7 Å². The van der Waals surface area contributed by atoms with Gasteiger partial charge in [-0.15, -0.1) is 24.8 Å². The van der Waals surface area contributed by atoms with Crippen LogP contribution in [-0.2, 0) is 6.54 Å². The molecule has 0 radical (unpaired) electrons. The summed E-state index contributed by atoms with van der Waals surface area (Å²) >= 11 is 0. The van der Waals surface area contributed by atoms with Gasteiger partial charge in [0.1, 0.15) is 0 Å². The molecule has 0 fully saturated rings. The Balaban J connectivity index is 0. The van der Waals surface area contributed by atoms with Crippen molar-refractivity contribution in [3.63, 3.8) is 0 Å². The highest BCUT2D eigenvalue weighted by Crippen LogP contribution is 2.09. The molecular weight excluding hydrogens is 321 g/mol. The van der Waals surface area contributed by atoms with Gasteiger partial charge in [-0.1, -0.05) is 26.0 Å². The number of carbonyl (C=O) groups excluding carboxylic acids is 1. The molecule has 0 bridgehead atoms. The maximum Gasteiger partial charge on any atom is 0.251 e. The van der Waals surface area contributed by atoms with Gasteiger partial charge in [-0.3, -0.25) is 4.79 Å². The van der Waals surface area contributed by atoms with Crippen LogP contribution in [0.2, 0.25) is 0 Å². The van der Waals surface area contributed by atoms with Gasteiger partial charge in [0, 0.05) is 24.7 Å². The predicted octanol–water partition coefficient (Wildman–Crippen LogP) is 2.70. The van der Waals surface area contributed by atoms with E-state index >= 15 is 0 Å². The number of halogens is 2. The molecule has 1 rings (SSSR count). The molecule has 0 saturated carbocycles. The minimum Gasteiger partial charge on any atom is -0.350 e. The van der Waals surface area contributed by atoms with Crippen molar-refractivity contribution in [2.75, 3.05) is 20.6 Å². The van der Waals surface area contributed by atoms with E-state index in [1.807, 2.05) is 24.3 Å². The maximum atomic E-state index is 12.1. The zero-order valence-corrected chi connectivity index (χ0v) is 15.5. The van der Waals surface area contributed by atoms with E-state index in [0.717, 1.165) is 12.0 Å². The van der Waals surface area contributed by atoms with E-state index in [0.29, 0.717) is 30.6 Å². The van der Waals surface area contributed by atoms with Crippen molar-refractivity contribution in [1.29, 1.82) is 0 Å². The number of nitrogens with one attached hydrogen (secondary N) is 1. The van der Waals surface area contributed by atoms with Crippen LogP contribution in [0.4, 0.5) is 0 Å². The normalized spacial score (nSPS) is 11.6. The summed E-state index contributed by atoms with van der Waals surface area (Å²) in [6.45, 7) is 5.56. The average Bonchev–Trinajstić information content (AvgIpc) is 2.42. The van der Waals surface area contributed by atoms with Gasteiger partial charge in [-0.05, 0) is 44.1 Å². The first-order valence-corrected chi connectivity index (χ1v) is 7.17. The number of benzene rings is 1. The van der Waals surface area contributed by atoms with E-state index in [1.54, 1.807) is 0 Å². The highest BCUT2D eigenvalue weighted by molar-refractivity contribution is 5.94. The minimum atomic E-state index is -0.0239. The Morgan fingerprint density at radius 2 is 1.73 bits per heavy atom. The molecule has 0 heterocycles. The molecule has 1 unspecified atom stereocenters. The van der Waals surface area contributed by atoms with E-state index in [1.165, 1.54) is 0 Å². The summed E-state index contributed by atoms with van der Waals surface area (Å²) in [7, 11) is 4.10. The SMILES string of the molecule is CC(C)CC(CNC(=O)c1ccc(CN)cc1)N(C)C.Cl.Cl. The molecule has 0 aliphatic carbocycles. The van der Waals surface area contributed by atoms with Gasteiger partial charge < -0.3 is 16.0 Å². The fourth-order valence-electron chi connectivity index (χ4n) is 2.13. The van der Waals surface area contributed by atoms with Gasteiger partial charge in [-0.25, -0.2) is 0 Å². The molecule has 0 spiro atoms. The van der Waals surface area contributed by atoms with Crippen molar-refractivity contribution in [1.82, 2.24) is 10.2 Å².